The summed E-state index contributed by atoms with van der Waals surface area (Å²) >= 11 is -3.88. The second-order valence-corrected chi connectivity index (χ2v) is 0.922. The van der Waals surface area contributed by atoms with Crippen molar-refractivity contribution < 1.29 is 48.5 Å². The maximum atomic E-state index is 8.56. The predicted molar refractivity (Wildman–Crippen MR) is 9.21 cm³/mol. The first-order chi connectivity index (χ1) is 2.73. The van der Waals surface area contributed by atoms with Gasteiger partial charge in [-0.2, -0.15) is 0 Å². The van der Waals surface area contributed by atoms with Crippen LogP contribution in [-0.2, 0) is 25.6 Å². The standard InChI is InChI=1S/Bi.Li.4O.V.H/q;+1;;;;-1;;. The Labute approximate surface area is 72.5 Å². The van der Waals surface area contributed by atoms with E-state index in [-0.39, 0.29) is 43.6 Å². The first kappa shape index (κ1) is 15.8. The number of hydrogen-bond acceptors (Lipinski definition) is 4. The average molecular weight is 332 g/mol. The van der Waals surface area contributed by atoms with Crippen LogP contribution in [0.3, 0.4) is 0 Å². The Bertz CT molecular complexity index is 69.8. The number of rotatable bonds is 0. The molecule has 0 aliphatic carbocycles. The molecular formula is HBiLiO4V. The summed E-state index contributed by atoms with van der Waals surface area (Å²) in [6, 6.07) is 0. The molecule has 0 bridgehead atoms. The van der Waals surface area contributed by atoms with Gasteiger partial charge in [0.25, 0.3) is 0 Å². The third-order valence-electron chi connectivity index (χ3n) is 0. The Morgan fingerprint density at radius 1 is 1.29 bits per heavy atom. The summed E-state index contributed by atoms with van der Waals surface area (Å²) in [4.78, 5) is 0. The second kappa shape index (κ2) is 15.7. The molecule has 0 heterocycles. The molecular weight excluding hydrogens is 331 g/mol. The van der Waals surface area contributed by atoms with Gasteiger partial charge in [-0.15, -0.1) is 0 Å². The van der Waals surface area contributed by atoms with Crippen molar-refractivity contribution in [3.8, 4) is 0 Å². The Kier molecular flexibility index (Phi) is 35.3. The van der Waals surface area contributed by atoms with Crippen molar-refractivity contribution in [1.82, 2.24) is 0 Å². The average Bonchev–Trinajstić information content (AvgIpc) is 1.41. The van der Waals surface area contributed by atoms with E-state index in [9.17, 15) is 0 Å². The first-order valence-corrected chi connectivity index (χ1v) is 4.05. The summed E-state index contributed by atoms with van der Waals surface area (Å²) in [6.45, 7) is 0. The molecule has 4 nitrogen and oxygen atoms in total. The molecule has 0 saturated heterocycles. The SMILES string of the molecule is [Li+].[O]=[BiH].[O]=[V](=[O])[O-]. The third kappa shape index (κ3) is 108. The first-order valence-electron chi connectivity index (χ1n) is 0.752. The van der Waals surface area contributed by atoms with Crippen LogP contribution in [0.25, 0.3) is 0 Å². The van der Waals surface area contributed by atoms with Crippen molar-refractivity contribution in [2.24, 2.45) is 0 Å². The Morgan fingerprint density at radius 3 is 1.29 bits per heavy atom. The van der Waals surface area contributed by atoms with E-state index in [4.69, 9.17) is 14.2 Å². The van der Waals surface area contributed by atoms with Crippen molar-refractivity contribution in [1.29, 1.82) is 0 Å². The molecule has 0 spiro atoms. The van der Waals surface area contributed by atoms with E-state index in [1.165, 1.54) is 0 Å². The Morgan fingerprint density at radius 2 is 1.29 bits per heavy atom. The molecule has 0 radical (unpaired) electrons. The summed E-state index contributed by atoms with van der Waals surface area (Å²) < 4.78 is 34.1. The predicted octanol–water partition coefficient (Wildman–Crippen LogP) is -5.19. The second-order valence-electron chi connectivity index (χ2n) is 0.224. The molecule has 0 aromatic carbocycles. The minimum absolute atomic E-state index is 0. The fraction of sp³-hybridized carbons (Fsp3) is 0. The molecule has 0 N–H and O–H groups in total. The molecule has 7 heteroatoms. The van der Waals surface area contributed by atoms with Crippen LogP contribution < -0.4 is 22.9 Å². The van der Waals surface area contributed by atoms with Crippen LogP contribution in [0.2, 0.25) is 0 Å². The fourth-order valence-corrected chi connectivity index (χ4v) is 0. The summed E-state index contributed by atoms with van der Waals surface area (Å²) in [7, 11) is 0. The van der Waals surface area contributed by atoms with E-state index in [2.05, 4.69) is 0 Å². The molecule has 0 amide bonds. The normalized spacial score (nSPS) is 4.14. The van der Waals surface area contributed by atoms with Crippen LogP contribution in [0.15, 0.2) is 0 Å². The van der Waals surface area contributed by atoms with E-state index in [0.29, 0.717) is 0 Å². The van der Waals surface area contributed by atoms with E-state index in [1.54, 1.807) is 0 Å². The third-order valence-corrected chi connectivity index (χ3v) is 0. The van der Waals surface area contributed by atoms with Gasteiger partial charge in [0.1, 0.15) is 0 Å². The van der Waals surface area contributed by atoms with Gasteiger partial charge in [0, 0.05) is 0 Å². The van der Waals surface area contributed by atoms with Crippen molar-refractivity contribution in [3.05, 3.63) is 0 Å². The van der Waals surface area contributed by atoms with Gasteiger partial charge in [0.05, 0.1) is 0 Å². The number of hydrogen-bond donors (Lipinski definition) is 0. The van der Waals surface area contributed by atoms with Crippen molar-refractivity contribution in [3.63, 3.8) is 0 Å². The molecule has 0 unspecified atom stereocenters. The maximum absolute atomic E-state index is 8.56. The summed E-state index contributed by atoms with van der Waals surface area (Å²) in [5.41, 5.74) is 0. The van der Waals surface area contributed by atoms with Gasteiger partial charge in [0.2, 0.25) is 0 Å². The molecule has 36 valence electrons. The molecule has 0 atom stereocenters. The van der Waals surface area contributed by atoms with Crippen LogP contribution in [-0.4, -0.2) is 24.7 Å². The molecule has 0 aromatic heterocycles. The fourth-order valence-electron chi connectivity index (χ4n) is 0. The summed E-state index contributed by atoms with van der Waals surface area (Å²) in [5.74, 6) is 0. The topological polar surface area (TPSA) is 74.3 Å². The van der Waals surface area contributed by atoms with Gasteiger partial charge >= 0.3 is 73.2 Å². The molecule has 0 aromatic rings. The van der Waals surface area contributed by atoms with Crippen LogP contribution in [0, 0.1) is 0 Å². The molecule has 0 saturated carbocycles. The van der Waals surface area contributed by atoms with Gasteiger partial charge < -0.3 is 0 Å². The van der Waals surface area contributed by atoms with Crippen LogP contribution in [0.4, 0.5) is 0 Å². The van der Waals surface area contributed by atoms with E-state index in [1.807, 2.05) is 0 Å². The van der Waals surface area contributed by atoms with Crippen molar-refractivity contribution in [2.45, 2.75) is 0 Å². The van der Waals surface area contributed by atoms with Gasteiger partial charge in [0.15, 0.2) is 0 Å². The van der Waals surface area contributed by atoms with Crippen LogP contribution in [0.5, 0.6) is 0 Å². The molecule has 0 aliphatic heterocycles. The quantitative estimate of drug-likeness (QED) is 0.416. The summed E-state index contributed by atoms with van der Waals surface area (Å²) in [5, 5.41) is 0. The van der Waals surface area contributed by atoms with E-state index < -0.39 is 15.4 Å². The molecule has 0 aliphatic rings. The van der Waals surface area contributed by atoms with Crippen molar-refractivity contribution >= 4 is 24.7 Å². The minimum atomic E-state index is -3.94. The zero-order valence-electron chi connectivity index (χ0n) is 3.58. The molecule has 0 fully saturated rings. The van der Waals surface area contributed by atoms with Gasteiger partial charge in [-0.1, -0.05) is 0 Å². The Balaban J connectivity index is -0.0000000480. The van der Waals surface area contributed by atoms with Gasteiger partial charge in [-0.3, -0.25) is 0 Å². The van der Waals surface area contributed by atoms with Crippen molar-refractivity contribution in [2.75, 3.05) is 0 Å². The van der Waals surface area contributed by atoms with E-state index in [0.717, 1.165) is 0 Å². The zero-order valence-corrected chi connectivity index (χ0v) is 8.86. The summed E-state index contributed by atoms with van der Waals surface area (Å²) in [6.07, 6.45) is 0. The monoisotopic (exact) mass is 332 g/mol. The zero-order chi connectivity index (χ0) is 5.58. The molecule has 0 rings (SSSR count). The van der Waals surface area contributed by atoms with Gasteiger partial charge in [-0.05, 0) is 0 Å². The van der Waals surface area contributed by atoms with Crippen LogP contribution in [0.1, 0.15) is 0 Å². The van der Waals surface area contributed by atoms with Crippen LogP contribution >= 0.6 is 0 Å². The molecule has 7 heavy (non-hydrogen) atoms. The van der Waals surface area contributed by atoms with Gasteiger partial charge in [-0.25, -0.2) is 0 Å². The van der Waals surface area contributed by atoms with E-state index >= 15 is 0 Å². The Hall–Kier alpha value is 1.42.